The monoisotopic (exact) mass is 389 g/mol. The van der Waals surface area contributed by atoms with Crippen molar-refractivity contribution < 1.29 is 14.3 Å². The number of nitrogens with zero attached hydrogens (tertiary/aromatic N) is 2. The molecule has 1 aromatic carbocycles. The van der Waals surface area contributed by atoms with Crippen molar-refractivity contribution in [2.75, 3.05) is 5.32 Å². The lowest BCUT2D eigenvalue weighted by molar-refractivity contribution is -0.126. The van der Waals surface area contributed by atoms with Crippen LogP contribution in [0.3, 0.4) is 0 Å². The van der Waals surface area contributed by atoms with Crippen molar-refractivity contribution in [3.63, 3.8) is 0 Å². The van der Waals surface area contributed by atoms with Gasteiger partial charge in [-0.3, -0.25) is 9.48 Å². The topological polar surface area (TPSA) is 73.2 Å². The molecule has 1 aliphatic rings. The molecule has 144 valence electrons. The van der Waals surface area contributed by atoms with Crippen molar-refractivity contribution in [2.24, 2.45) is 13.0 Å². The summed E-state index contributed by atoms with van der Waals surface area (Å²) in [5.74, 6) is -1.19. The van der Waals surface area contributed by atoms with Crippen LogP contribution in [-0.4, -0.2) is 27.8 Å². The third-order valence-corrected chi connectivity index (χ3v) is 5.25. The van der Waals surface area contributed by atoms with Crippen LogP contribution in [0, 0.1) is 12.8 Å². The first-order chi connectivity index (χ1) is 12.8. The van der Waals surface area contributed by atoms with E-state index in [4.69, 9.17) is 16.3 Å². The summed E-state index contributed by atoms with van der Waals surface area (Å²) in [6.45, 7) is 5.34. The van der Waals surface area contributed by atoms with Crippen molar-refractivity contribution in [2.45, 2.75) is 46.1 Å². The summed E-state index contributed by atoms with van der Waals surface area (Å²) in [6, 6.07) is 5.94. The van der Waals surface area contributed by atoms with Crippen LogP contribution < -0.4 is 5.32 Å². The minimum Gasteiger partial charge on any atom is -0.448 e. The third-order valence-electron chi connectivity index (χ3n) is 4.82. The number of hydrogen-bond acceptors (Lipinski definition) is 4. The van der Waals surface area contributed by atoms with E-state index in [2.05, 4.69) is 10.4 Å². The van der Waals surface area contributed by atoms with Gasteiger partial charge in [0.2, 0.25) is 0 Å². The maximum atomic E-state index is 12.8. The molecule has 0 bridgehead atoms. The van der Waals surface area contributed by atoms with Gasteiger partial charge in [-0.25, -0.2) is 4.79 Å². The molecule has 0 fully saturated rings. The number of carbonyl (C=O) groups is 2. The molecule has 0 spiro atoms. The molecule has 7 heteroatoms. The maximum Gasteiger partial charge on any atom is 0.344 e. The van der Waals surface area contributed by atoms with Crippen molar-refractivity contribution in [1.82, 2.24) is 9.78 Å². The van der Waals surface area contributed by atoms with Crippen molar-refractivity contribution >= 4 is 29.2 Å². The van der Waals surface area contributed by atoms with Gasteiger partial charge in [-0.05, 0) is 55.4 Å². The molecular weight excluding hydrogens is 366 g/mol. The highest BCUT2D eigenvalue weighted by molar-refractivity contribution is 6.32. The number of hydrogen-bond donors (Lipinski definition) is 1. The molecule has 0 aliphatic heterocycles. The zero-order valence-electron chi connectivity index (χ0n) is 16.0. The Morgan fingerprint density at radius 2 is 1.96 bits per heavy atom. The van der Waals surface area contributed by atoms with Gasteiger partial charge < -0.3 is 10.1 Å². The molecule has 27 heavy (non-hydrogen) atoms. The number of aryl methyl sites for hydroxylation is 4. The molecule has 6 nitrogen and oxygen atoms in total. The van der Waals surface area contributed by atoms with Gasteiger partial charge in [0.05, 0.1) is 5.69 Å². The second-order valence-corrected chi connectivity index (χ2v) is 7.63. The number of anilines is 1. The van der Waals surface area contributed by atoms with E-state index in [1.54, 1.807) is 14.0 Å². The number of halogens is 1. The van der Waals surface area contributed by atoms with Gasteiger partial charge in [0, 0.05) is 12.7 Å². The largest absolute Gasteiger partial charge is 0.448 e. The quantitative estimate of drug-likeness (QED) is 0.791. The highest BCUT2D eigenvalue weighted by atomic mass is 35.5. The lowest BCUT2D eigenvalue weighted by atomic mass is 10.1. The fourth-order valence-corrected chi connectivity index (χ4v) is 3.64. The van der Waals surface area contributed by atoms with E-state index in [9.17, 15) is 9.59 Å². The summed E-state index contributed by atoms with van der Waals surface area (Å²) in [4.78, 5) is 25.3. The van der Waals surface area contributed by atoms with Crippen LogP contribution in [0.25, 0.3) is 0 Å². The van der Waals surface area contributed by atoms with Crippen LogP contribution in [0.15, 0.2) is 18.2 Å². The number of amides is 1. The summed E-state index contributed by atoms with van der Waals surface area (Å²) >= 11 is 6.13. The molecule has 0 radical (unpaired) electrons. The van der Waals surface area contributed by atoms with Crippen LogP contribution in [0.1, 0.15) is 47.4 Å². The van der Waals surface area contributed by atoms with Gasteiger partial charge in [0.25, 0.3) is 5.91 Å². The Bertz CT molecular complexity index is 889. The van der Waals surface area contributed by atoms with E-state index >= 15 is 0 Å². The number of aromatic nitrogens is 2. The number of nitrogens with one attached hydrogen (secondary N) is 1. The van der Waals surface area contributed by atoms with Gasteiger partial charge in [-0.2, -0.15) is 5.10 Å². The highest BCUT2D eigenvalue weighted by Gasteiger charge is 2.30. The molecule has 1 aliphatic carbocycles. The van der Waals surface area contributed by atoms with Crippen LogP contribution in [0.4, 0.5) is 5.69 Å². The number of rotatable bonds is 5. The molecular formula is C20H24ClN3O3. The van der Waals surface area contributed by atoms with E-state index in [0.717, 1.165) is 24.9 Å². The predicted octanol–water partition coefficient (Wildman–Crippen LogP) is 3.69. The standard InChI is InChI=1S/C20H24ClN3O3/c1-11(2)17(27-20(26)16-12(3)23-24(4)18(16)21)19(25)22-15-9-8-13-6-5-7-14(13)10-15/h8-11,17H,5-7H2,1-4H3,(H,22,25)/t17-/m0/s1. The van der Waals surface area contributed by atoms with Gasteiger partial charge in [-0.1, -0.05) is 31.5 Å². The molecule has 0 saturated heterocycles. The molecule has 0 unspecified atom stereocenters. The third kappa shape index (κ3) is 4.00. The lowest BCUT2D eigenvalue weighted by Gasteiger charge is -2.21. The van der Waals surface area contributed by atoms with Gasteiger partial charge in [-0.15, -0.1) is 0 Å². The van der Waals surface area contributed by atoms with E-state index in [0.29, 0.717) is 5.69 Å². The number of fused-ring (bicyclic) bond motifs is 1. The van der Waals surface area contributed by atoms with Crippen LogP contribution in [0.2, 0.25) is 5.15 Å². The second kappa shape index (κ2) is 7.72. The SMILES string of the molecule is Cc1nn(C)c(Cl)c1C(=O)O[C@H](C(=O)Nc1ccc2c(c1)CCC2)C(C)C. The van der Waals surface area contributed by atoms with Gasteiger partial charge >= 0.3 is 5.97 Å². The Morgan fingerprint density at radius 3 is 2.59 bits per heavy atom. The fourth-order valence-electron chi connectivity index (χ4n) is 3.39. The fraction of sp³-hybridized carbons (Fsp3) is 0.450. The lowest BCUT2D eigenvalue weighted by Crippen LogP contribution is -2.36. The smallest absolute Gasteiger partial charge is 0.344 e. The van der Waals surface area contributed by atoms with E-state index in [-0.39, 0.29) is 22.5 Å². The molecule has 1 heterocycles. The normalized spacial score (nSPS) is 14.1. The highest BCUT2D eigenvalue weighted by Crippen LogP contribution is 2.26. The first-order valence-electron chi connectivity index (χ1n) is 9.10. The van der Waals surface area contributed by atoms with Gasteiger partial charge in [0.1, 0.15) is 10.7 Å². The molecule has 3 rings (SSSR count). The van der Waals surface area contributed by atoms with Crippen LogP contribution >= 0.6 is 11.6 Å². The minimum absolute atomic E-state index is 0.190. The Morgan fingerprint density at radius 1 is 1.26 bits per heavy atom. The predicted molar refractivity (Wildman–Crippen MR) is 104 cm³/mol. The average Bonchev–Trinajstić information content (AvgIpc) is 3.16. The molecule has 1 amide bonds. The minimum atomic E-state index is -0.929. The Balaban J connectivity index is 1.75. The Hall–Kier alpha value is -2.34. The van der Waals surface area contributed by atoms with Crippen molar-refractivity contribution in [3.05, 3.63) is 45.7 Å². The zero-order chi connectivity index (χ0) is 19.7. The number of esters is 1. The summed E-state index contributed by atoms with van der Waals surface area (Å²) in [5.41, 5.74) is 3.98. The molecule has 1 aromatic heterocycles. The van der Waals surface area contributed by atoms with Crippen molar-refractivity contribution in [1.29, 1.82) is 0 Å². The second-order valence-electron chi connectivity index (χ2n) is 7.27. The molecule has 2 aromatic rings. The first-order valence-corrected chi connectivity index (χ1v) is 9.48. The van der Waals surface area contributed by atoms with E-state index < -0.39 is 12.1 Å². The number of ether oxygens (including phenoxy) is 1. The summed E-state index contributed by atoms with van der Waals surface area (Å²) in [6.07, 6.45) is 2.33. The Labute approximate surface area is 163 Å². The maximum absolute atomic E-state index is 12.8. The number of benzene rings is 1. The first kappa shape index (κ1) is 19.4. The molecule has 1 N–H and O–H groups in total. The summed E-state index contributed by atoms with van der Waals surface area (Å²) in [7, 11) is 1.65. The van der Waals surface area contributed by atoms with Crippen LogP contribution in [0.5, 0.6) is 0 Å². The van der Waals surface area contributed by atoms with Crippen LogP contribution in [-0.2, 0) is 29.4 Å². The summed E-state index contributed by atoms with van der Waals surface area (Å²) in [5, 5.41) is 7.18. The molecule has 1 atom stereocenters. The van der Waals surface area contributed by atoms with E-state index in [1.165, 1.54) is 15.8 Å². The van der Waals surface area contributed by atoms with E-state index in [1.807, 2.05) is 32.0 Å². The number of carbonyl (C=O) groups excluding carboxylic acids is 2. The van der Waals surface area contributed by atoms with Crippen molar-refractivity contribution in [3.8, 4) is 0 Å². The average molecular weight is 390 g/mol. The molecule has 0 saturated carbocycles. The summed E-state index contributed by atoms with van der Waals surface area (Å²) < 4.78 is 6.92. The zero-order valence-corrected chi connectivity index (χ0v) is 16.8. The van der Waals surface area contributed by atoms with Gasteiger partial charge in [0.15, 0.2) is 6.10 Å². The Kier molecular flexibility index (Phi) is 5.56.